The molecule has 8 atom stereocenters. The van der Waals surface area contributed by atoms with Crippen LogP contribution >= 0.6 is 0 Å². The lowest BCUT2D eigenvalue weighted by molar-refractivity contribution is -0.184. The fourth-order valence-electron chi connectivity index (χ4n) is 7.97. The van der Waals surface area contributed by atoms with Gasteiger partial charge in [0.25, 0.3) is 5.91 Å². The van der Waals surface area contributed by atoms with Gasteiger partial charge in [0.05, 0.1) is 24.3 Å². The van der Waals surface area contributed by atoms with Crippen LogP contribution in [-0.2, 0) is 24.4 Å². The normalized spacial score (nSPS) is 29.2. The van der Waals surface area contributed by atoms with E-state index < -0.39 is 99.2 Å². The van der Waals surface area contributed by atoms with Crippen molar-refractivity contribution in [1.29, 1.82) is 0 Å². The molecule has 0 radical (unpaired) electrons. The van der Waals surface area contributed by atoms with Crippen molar-refractivity contribution in [2.45, 2.75) is 107 Å². The van der Waals surface area contributed by atoms with Crippen LogP contribution in [0.25, 0.3) is 10.8 Å². The Morgan fingerprint density at radius 3 is 2.50 bits per heavy atom. The van der Waals surface area contributed by atoms with Crippen molar-refractivity contribution in [2.75, 3.05) is 13.7 Å². The number of nitrogens with zero attached hydrogens (tertiary/aromatic N) is 3. The van der Waals surface area contributed by atoms with Gasteiger partial charge >= 0.3 is 12.3 Å². The number of carboxylic acid groups (broad SMARTS) is 1. The zero-order chi connectivity index (χ0) is 40.9. The van der Waals surface area contributed by atoms with Crippen LogP contribution in [0.15, 0.2) is 36.5 Å². The van der Waals surface area contributed by atoms with Crippen LogP contribution < -0.4 is 19.5 Å². The van der Waals surface area contributed by atoms with Gasteiger partial charge in [-0.1, -0.05) is 26.0 Å². The summed E-state index contributed by atoms with van der Waals surface area (Å²) in [5.74, 6) is -5.41. The number of benzene rings is 1. The molecule has 1 saturated heterocycles. The lowest BCUT2D eigenvalue weighted by Crippen LogP contribution is -2.62. The van der Waals surface area contributed by atoms with E-state index in [2.05, 4.69) is 15.0 Å². The summed E-state index contributed by atoms with van der Waals surface area (Å²) in [6, 6.07) is -2.20. The van der Waals surface area contributed by atoms with Crippen LogP contribution in [0.1, 0.15) is 65.7 Å². The highest BCUT2D eigenvalue weighted by Gasteiger charge is 2.62. The summed E-state index contributed by atoms with van der Waals surface area (Å²) >= 11 is 0. The van der Waals surface area contributed by atoms with Gasteiger partial charge in [-0.05, 0) is 69.4 Å². The highest BCUT2D eigenvalue weighted by atomic mass is 32.2. The van der Waals surface area contributed by atoms with Crippen molar-refractivity contribution in [1.82, 2.24) is 24.8 Å². The van der Waals surface area contributed by atoms with E-state index in [1.54, 1.807) is 18.2 Å². The zero-order valence-corrected chi connectivity index (χ0v) is 32.0. The van der Waals surface area contributed by atoms with Crippen LogP contribution in [0.5, 0.6) is 11.6 Å². The lowest BCUT2D eigenvalue weighted by Gasteiger charge is -2.40. The van der Waals surface area contributed by atoms with Crippen molar-refractivity contribution >= 4 is 44.6 Å². The van der Waals surface area contributed by atoms with E-state index in [4.69, 9.17) is 9.47 Å². The molecule has 3 heterocycles. The SMILES string of the molecule is COc1cc(F)cc2c(O[C@@H]3C[C@H]4C(=O)N[C@]5(C(=O)NS(=O)(=O)C6CC6)C[C@H]5C=CCC[C@H](C)C[C@@H](C)[C@H](N(C(=O)O)[C@H](C)C(F)(F)F)C(=O)N4C3)nccc12. The Labute approximate surface area is 321 Å². The zero-order valence-electron chi connectivity index (χ0n) is 31.2. The Morgan fingerprint density at radius 1 is 1.14 bits per heavy atom. The molecule has 2 aromatic rings. The molecule has 3 fully saturated rings. The van der Waals surface area contributed by atoms with Crippen molar-refractivity contribution in [3.63, 3.8) is 0 Å². The molecule has 2 aliphatic carbocycles. The summed E-state index contributed by atoms with van der Waals surface area (Å²) in [7, 11) is -2.70. The van der Waals surface area contributed by atoms with Gasteiger partial charge in [0.15, 0.2) is 0 Å². The number of sulfonamides is 1. The lowest BCUT2D eigenvalue weighted by atomic mass is 9.86. The van der Waals surface area contributed by atoms with Crippen LogP contribution in [-0.4, -0.2) is 107 Å². The van der Waals surface area contributed by atoms with Gasteiger partial charge in [0.1, 0.15) is 41.3 Å². The van der Waals surface area contributed by atoms with E-state index >= 15 is 0 Å². The average Bonchev–Trinajstić information content (AvgIpc) is 4.04. The largest absolute Gasteiger partial charge is 0.496 e. The van der Waals surface area contributed by atoms with E-state index in [0.29, 0.717) is 38.0 Å². The maximum atomic E-state index is 14.8. The highest BCUT2D eigenvalue weighted by molar-refractivity contribution is 7.91. The van der Waals surface area contributed by atoms with Gasteiger partial charge in [-0.25, -0.2) is 22.6 Å². The number of carbonyl (C=O) groups is 4. The molecule has 306 valence electrons. The van der Waals surface area contributed by atoms with Crippen molar-refractivity contribution in [2.24, 2.45) is 17.8 Å². The van der Waals surface area contributed by atoms with Crippen LogP contribution in [0.2, 0.25) is 0 Å². The second-order valence-electron chi connectivity index (χ2n) is 15.4. The number of halogens is 4. The van der Waals surface area contributed by atoms with Crippen LogP contribution in [0.4, 0.5) is 22.4 Å². The summed E-state index contributed by atoms with van der Waals surface area (Å²) in [6.45, 7) is 3.51. The highest BCUT2D eigenvalue weighted by Crippen LogP contribution is 2.46. The Morgan fingerprint density at radius 2 is 1.86 bits per heavy atom. The molecule has 4 amide bonds. The van der Waals surface area contributed by atoms with Crippen molar-refractivity contribution < 1.29 is 59.7 Å². The molecular formula is C37H45F4N5O9S. The number of hydrogen-bond acceptors (Lipinski definition) is 9. The molecule has 1 aromatic heterocycles. The van der Waals surface area contributed by atoms with E-state index in [0.717, 1.165) is 17.0 Å². The number of rotatable bonds is 8. The first-order valence-electron chi connectivity index (χ1n) is 18.5. The van der Waals surface area contributed by atoms with Gasteiger partial charge in [0.2, 0.25) is 27.7 Å². The third-order valence-electron chi connectivity index (χ3n) is 11.3. The smallest absolute Gasteiger partial charge is 0.408 e. The first kappa shape index (κ1) is 41.0. The van der Waals surface area contributed by atoms with E-state index in [-0.39, 0.29) is 47.1 Å². The Kier molecular flexibility index (Phi) is 11.2. The molecule has 0 bridgehead atoms. The number of fused-ring (bicyclic) bond motifs is 3. The molecule has 14 nitrogen and oxygen atoms in total. The Balaban J connectivity index is 1.41. The molecule has 19 heteroatoms. The van der Waals surface area contributed by atoms with Gasteiger partial charge in [-0.15, -0.1) is 0 Å². The number of hydrogen-bond donors (Lipinski definition) is 3. The van der Waals surface area contributed by atoms with E-state index in [9.17, 15) is 50.3 Å². The Bertz CT molecular complexity index is 2030. The molecule has 2 saturated carbocycles. The quantitative estimate of drug-likeness (QED) is 0.253. The third-order valence-corrected chi connectivity index (χ3v) is 13.1. The molecule has 0 spiro atoms. The number of aromatic nitrogens is 1. The topological polar surface area (TPSA) is 185 Å². The standard InChI is InChI=1S/C37H45F4N5O9S/c1-19-7-5-6-8-22-17-36(22,34(49)44-56(52,53)25-9-10-25)43-31(47)28-16-24(55-32-27-14-23(38)15-29(54-4)26(27)11-12-42-32)18-45(28)33(48)30(20(2)13-19)46(35(50)51)21(3)37(39,40)41/h6,8,11-12,14-15,19-22,24-25,28,30H,5,7,9-10,13,16-18H2,1-4H3,(H,43,47)(H,44,49)(H,50,51)/t19-,20+,21+,22+,24+,28-,30-,36+/m0/s1. The fraction of sp³-hybridized carbons (Fsp3) is 0.595. The van der Waals surface area contributed by atoms with E-state index in [1.165, 1.54) is 20.2 Å². The number of nitrogens with one attached hydrogen (secondary N) is 2. The monoisotopic (exact) mass is 811 g/mol. The molecule has 6 rings (SSSR count). The molecule has 0 unspecified atom stereocenters. The summed E-state index contributed by atoms with van der Waals surface area (Å²) in [6.07, 6.45) is -1.75. The summed E-state index contributed by atoms with van der Waals surface area (Å²) in [5.41, 5.74) is -1.73. The number of pyridine rings is 1. The number of methoxy groups -OCH3 is 1. The summed E-state index contributed by atoms with van der Waals surface area (Å²) in [5, 5.41) is 12.8. The number of alkyl halides is 3. The molecule has 4 aliphatic rings. The number of allylic oxidation sites excluding steroid dienone is 1. The van der Waals surface area contributed by atoms with Crippen LogP contribution in [0.3, 0.4) is 0 Å². The maximum Gasteiger partial charge on any atom is 0.408 e. The Hall–Kier alpha value is -4.68. The first-order chi connectivity index (χ1) is 26.3. The van der Waals surface area contributed by atoms with Gasteiger partial charge < -0.3 is 24.8 Å². The molecule has 2 aliphatic heterocycles. The number of amides is 4. The second-order valence-corrected chi connectivity index (χ2v) is 17.4. The predicted molar refractivity (Wildman–Crippen MR) is 192 cm³/mol. The second kappa shape index (κ2) is 15.3. The number of carbonyl (C=O) groups excluding carboxylic acids is 3. The number of ether oxygens (including phenoxy) is 2. The molecular weight excluding hydrogens is 766 g/mol. The van der Waals surface area contributed by atoms with E-state index in [1.807, 2.05) is 6.92 Å². The van der Waals surface area contributed by atoms with Gasteiger partial charge in [0, 0.05) is 30.0 Å². The maximum absolute atomic E-state index is 14.8. The predicted octanol–water partition coefficient (Wildman–Crippen LogP) is 4.53. The van der Waals surface area contributed by atoms with Crippen molar-refractivity contribution in [3.05, 3.63) is 42.4 Å². The third kappa shape index (κ3) is 8.23. The van der Waals surface area contributed by atoms with Gasteiger partial charge in [-0.2, -0.15) is 13.2 Å². The molecule has 1 aromatic carbocycles. The average molecular weight is 812 g/mol. The minimum atomic E-state index is -5.06. The van der Waals surface area contributed by atoms with Crippen LogP contribution in [0, 0.1) is 23.6 Å². The van der Waals surface area contributed by atoms with Gasteiger partial charge in [-0.3, -0.25) is 24.0 Å². The minimum Gasteiger partial charge on any atom is -0.496 e. The summed E-state index contributed by atoms with van der Waals surface area (Å²) < 4.78 is 96.7. The fourth-order valence-corrected chi connectivity index (χ4v) is 9.33. The first-order valence-corrected chi connectivity index (χ1v) is 20.0. The van der Waals surface area contributed by atoms with Crippen molar-refractivity contribution in [3.8, 4) is 11.6 Å². The minimum absolute atomic E-state index is 0.0281. The molecule has 56 heavy (non-hydrogen) atoms. The molecule has 3 N–H and O–H groups in total. The summed E-state index contributed by atoms with van der Waals surface area (Å²) in [4.78, 5) is 60.9.